The Hall–Kier alpha value is -4.10. The van der Waals surface area contributed by atoms with Gasteiger partial charge >= 0.3 is 0 Å². The number of allylic oxidation sites excluding steroid dienone is 1. The largest absolute Gasteiger partial charge is 0.507 e. The number of hydrogen-bond acceptors (Lipinski definition) is 13. The lowest BCUT2D eigenvalue weighted by Gasteiger charge is -2.56. The normalized spacial score (nSPS) is 40.9. The van der Waals surface area contributed by atoms with Crippen LogP contribution in [0.15, 0.2) is 29.3 Å². The van der Waals surface area contributed by atoms with Gasteiger partial charge in [0.1, 0.15) is 17.1 Å². The fraction of sp³-hybridized carbons (Fsp3) is 0.652. The Bertz CT molecular complexity index is 2110. The van der Waals surface area contributed by atoms with Gasteiger partial charge < -0.3 is 30.5 Å². The van der Waals surface area contributed by atoms with Gasteiger partial charge in [0.15, 0.2) is 34.7 Å². The maximum absolute atomic E-state index is 14.3. The summed E-state index contributed by atoms with van der Waals surface area (Å²) in [5.74, 6) is -8.62. The minimum Gasteiger partial charge on any atom is -0.507 e. The summed E-state index contributed by atoms with van der Waals surface area (Å²) in [4.78, 5) is 84.0. The van der Waals surface area contributed by atoms with E-state index >= 15 is 0 Å². The molecule has 1 aromatic rings. The Morgan fingerprint density at radius 3 is 2.52 bits per heavy atom. The molecule has 6 N–H and O–H groups in total. The van der Waals surface area contributed by atoms with Crippen molar-refractivity contribution >= 4 is 34.8 Å². The number of phenolic OH excluding ortho intramolecular Hbond substituents is 1. The van der Waals surface area contributed by atoms with E-state index in [2.05, 4.69) is 23.5 Å². The highest BCUT2D eigenvalue weighted by atomic mass is 16.5. The molecule has 0 aliphatic heterocycles. The number of Topliss-reactive ketones (excluding diaryl/α,β-unsaturated/α-hetero) is 5. The number of nitrogens with zero attached hydrogens (tertiary/aromatic N) is 1. The summed E-state index contributed by atoms with van der Waals surface area (Å²) in [6.07, 6.45) is 10.1. The molecule has 0 radical (unpaired) electrons. The van der Waals surface area contributed by atoms with Crippen LogP contribution in [-0.2, 0) is 28.7 Å². The summed E-state index contributed by atoms with van der Waals surface area (Å²) in [6, 6.07) is 3.01. The number of nitrogens with one attached hydrogen (secondary N) is 2. The third kappa shape index (κ3) is 6.13. The van der Waals surface area contributed by atoms with Crippen molar-refractivity contribution in [1.29, 1.82) is 0 Å². The van der Waals surface area contributed by atoms with Crippen molar-refractivity contribution in [2.24, 2.45) is 52.8 Å². The number of ketones is 5. The molecule has 0 saturated heterocycles. The summed E-state index contributed by atoms with van der Waals surface area (Å²) in [5.41, 5.74) is -1.90. The van der Waals surface area contributed by atoms with Crippen LogP contribution in [0.5, 0.6) is 5.75 Å². The zero-order valence-corrected chi connectivity index (χ0v) is 34.7. The number of terminal acetylenes is 1. The van der Waals surface area contributed by atoms with Gasteiger partial charge in [-0.3, -0.25) is 39.0 Å². The number of benzene rings is 1. The molecule has 60 heavy (non-hydrogen) atoms. The van der Waals surface area contributed by atoms with Crippen molar-refractivity contribution in [2.45, 2.75) is 94.5 Å². The SMILES string of the molecule is C#CC1(O)CCC2C3CC(COCCNCNC(=O)C4C(=O)C(N(C)C)C5C(O)C6C(C(=O)c7c(O)cccc7C6C)C(=O)C5(O)C4=O)=C4CC(=O)CCC4C3CCC21C. The molecule has 7 aliphatic carbocycles. The minimum atomic E-state index is -3.04. The highest BCUT2D eigenvalue weighted by Gasteiger charge is 2.73. The van der Waals surface area contributed by atoms with Gasteiger partial charge in [-0.05, 0) is 99.4 Å². The third-order valence-corrected chi connectivity index (χ3v) is 16.3. The lowest BCUT2D eigenvalue weighted by atomic mass is 9.49. The minimum absolute atomic E-state index is 0.125. The van der Waals surface area contributed by atoms with E-state index in [4.69, 9.17) is 11.2 Å². The maximum Gasteiger partial charge on any atom is 0.239 e. The first-order valence-corrected chi connectivity index (χ1v) is 21.5. The molecule has 0 bridgehead atoms. The molecule has 14 nitrogen and oxygen atoms in total. The van der Waals surface area contributed by atoms with Crippen molar-refractivity contribution in [3.63, 3.8) is 0 Å². The fourth-order valence-electron chi connectivity index (χ4n) is 13.3. The van der Waals surface area contributed by atoms with Crippen LogP contribution in [0.4, 0.5) is 0 Å². The number of rotatable bonds is 9. The molecule has 1 aromatic carbocycles. The van der Waals surface area contributed by atoms with Gasteiger partial charge in [-0.2, -0.15) is 0 Å². The van der Waals surface area contributed by atoms with Gasteiger partial charge in [-0.15, -0.1) is 6.42 Å². The molecular formula is C46H57N3O11. The predicted molar refractivity (Wildman–Crippen MR) is 215 cm³/mol. The second-order valence-corrected chi connectivity index (χ2v) is 19.1. The zero-order chi connectivity index (χ0) is 43.2. The van der Waals surface area contributed by atoms with Crippen LogP contribution in [0.3, 0.4) is 0 Å². The van der Waals surface area contributed by atoms with Gasteiger partial charge in [0.25, 0.3) is 0 Å². The number of phenols is 1. The number of aliphatic hydroxyl groups is 3. The number of fused-ring (bicyclic) bond motifs is 8. The summed E-state index contributed by atoms with van der Waals surface area (Å²) >= 11 is 0. The van der Waals surface area contributed by atoms with E-state index in [1.54, 1.807) is 13.0 Å². The maximum atomic E-state index is 14.3. The van der Waals surface area contributed by atoms with Crippen molar-refractivity contribution in [3.8, 4) is 18.1 Å². The Labute approximate surface area is 349 Å². The monoisotopic (exact) mass is 827 g/mol. The molecule has 5 saturated carbocycles. The molecule has 0 aromatic heterocycles. The van der Waals surface area contributed by atoms with Crippen LogP contribution < -0.4 is 10.6 Å². The number of ether oxygens (including phenoxy) is 1. The molecule has 14 atom stereocenters. The lowest BCUT2D eigenvalue weighted by Crippen LogP contribution is -2.77. The van der Waals surface area contributed by atoms with Gasteiger partial charge in [0, 0.05) is 30.7 Å². The van der Waals surface area contributed by atoms with E-state index in [1.165, 1.54) is 36.7 Å². The van der Waals surface area contributed by atoms with E-state index in [1.807, 2.05) is 0 Å². The number of carbonyl (C=O) groups excluding carboxylic acids is 6. The molecule has 322 valence electrons. The molecule has 5 fully saturated rings. The highest BCUT2D eigenvalue weighted by Crippen LogP contribution is 2.65. The zero-order valence-electron chi connectivity index (χ0n) is 34.7. The van der Waals surface area contributed by atoms with Crippen LogP contribution in [0, 0.1) is 65.1 Å². The number of hydrogen-bond donors (Lipinski definition) is 6. The molecule has 1 amide bonds. The van der Waals surface area contributed by atoms with E-state index < -0.39 is 82.0 Å². The van der Waals surface area contributed by atoms with Crippen LogP contribution in [0.25, 0.3) is 0 Å². The Morgan fingerprint density at radius 2 is 1.80 bits per heavy atom. The number of aliphatic hydroxyl groups excluding tert-OH is 1. The van der Waals surface area contributed by atoms with Crippen molar-refractivity contribution in [2.75, 3.05) is 40.5 Å². The lowest BCUT2D eigenvalue weighted by molar-refractivity contribution is -0.197. The molecule has 8 rings (SSSR count). The average molecular weight is 828 g/mol. The Balaban J connectivity index is 0.911. The molecular weight excluding hydrogens is 771 g/mol. The van der Waals surface area contributed by atoms with E-state index in [-0.39, 0.29) is 48.2 Å². The first-order valence-electron chi connectivity index (χ1n) is 21.5. The first kappa shape index (κ1) is 42.6. The van der Waals surface area contributed by atoms with Crippen LogP contribution in [0.1, 0.15) is 87.1 Å². The molecule has 0 heterocycles. The first-order chi connectivity index (χ1) is 28.4. The summed E-state index contributed by atoms with van der Waals surface area (Å²) in [7, 11) is 2.96. The topological polar surface area (TPSA) is 220 Å². The molecule has 14 unspecified atom stereocenters. The van der Waals surface area contributed by atoms with E-state index in [9.17, 15) is 49.2 Å². The van der Waals surface area contributed by atoms with Crippen LogP contribution in [0.2, 0.25) is 0 Å². The third-order valence-electron chi connectivity index (χ3n) is 16.3. The predicted octanol–water partition coefficient (Wildman–Crippen LogP) is 1.47. The smallest absolute Gasteiger partial charge is 0.239 e. The number of aromatic hydroxyl groups is 1. The number of likely N-dealkylation sites (N-methyl/N-ethyl adjacent to an activating group) is 1. The highest BCUT2D eigenvalue weighted by molar-refractivity contribution is 6.32. The van der Waals surface area contributed by atoms with E-state index in [0.717, 1.165) is 37.7 Å². The summed E-state index contributed by atoms with van der Waals surface area (Å²) < 4.78 is 6.14. The fourth-order valence-corrected chi connectivity index (χ4v) is 13.3. The van der Waals surface area contributed by atoms with Crippen LogP contribution in [-0.4, -0.2) is 124 Å². The Morgan fingerprint density at radius 1 is 1.05 bits per heavy atom. The van der Waals surface area contributed by atoms with Crippen molar-refractivity contribution < 1.29 is 53.9 Å². The molecule has 14 heteroatoms. The quantitative estimate of drug-likeness (QED) is 0.0684. The van der Waals surface area contributed by atoms with Crippen molar-refractivity contribution in [3.05, 3.63) is 40.5 Å². The molecule has 7 aliphatic rings. The Kier molecular flexibility index (Phi) is 10.9. The second kappa shape index (κ2) is 15.4. The van der Waals surface area contributed by atoms with Gasteiger partial charge in [-0.1, -0.05) is 37.5 Å². The number of amides is 1. The van der Waals surface area contributed by atoms with Gasteiger partial charge in [0.2, 0.25) is 5.91 Å². The second-order valence-electron chi connectivity index (χ2n) is 19.1. The van der Waals surface area contributed by atoms with Crippen molar-refractivity contribution in [1.82, 2.24) is 15.5 Å². The number of carbonyl (C=O) groups is 6. The van der Waals surface area contributed by atoms with Gasteiger partial charge in [-0.25, -0.2) is 0 Å². The molecule has 0 spiro atoms. The van der Waals surface area contributed by atoms with Gasteiger partial charge in [0.05, 0.1) is 49.4 Å². The standard InChI is InChI=1S/C46H57N3O11/c1-6-45(58)15-13-30-29-18-23(28-19-24(50)10-11-26(28)27(29)12-14-44(30,45)3)20-60-17-16-47-21-48-43(57)35-40(54)37(49(4)5)36-39(53)32-22(2)25-8-7-9-31(51)33(25)38(52)34(32)41(55)46(36,59)42(35)56/h1,7-9,22,26-27,29-30,32,34-37,39,47,51,53,58-59H,10-21H2,2-5H3,(H,48,57). The summed E-state index contributed by atoms with van der Waals surface area (Å²) in [6.45, 7) is 4.48. The van der Waals surface area contributed by atoms with E-state index in [0.29, 0.717) is 49.2 Å². The summed E-state index contributed by atoms with van der Waals surface area (Å²) in [5, 5.41) is 51.5. The average Bonchev–Trinajstić information content (AvgIpc) is 3.48. The van der Waals surface area contributed by atoms with Crippen LogP contribution >= 0.6 is 0 Å².